The first-order valence-electron chi connectivity index (χ1n) is 12.5. The summed E-state index contributed by atoms with van der Waals surface area (Å²) >= 11 is 0. The molecule has 1 amide bonds. The number of aliphatic hydroxyl groups is 1. The quantitative estimate of drug-likeness (QED) is 0.191. The number of aliphatic imine (C=N–C) groups is 1. The van der Waals surface area contributed by atoms with Crippen molar-refractivity contribution in [3.63, 3.8) is 0 Å². The summed E-state index contributed by atoms with van der Waals surface area (Å²) in [6, 6.07) is 26.6. The molecule has 0 saturated carbocycles. The molecule has 1 aromatic heterocycles. The van der Waals surface area contributed by atoms with Crippen molar-refractivity contribution in [3.8, 4) is 11.1 Å². The molecule has 0 saturated heterocycles. The van der Waals surface area contributed by atoms with Crippen LogP contribution in [0.3, 0.4) is 0 Å². The van der Waals surface area contributed by atoms with E-state index in [4.69, 9.17) is 11.5 Å². The lowest BCUT2D eigenvalue weighted by Crippen LogP contribution is -2.36. The molecule has 0 radical (unpaired) electrons. The number of hydrogen-bond acceptors (Lipinski definition) is 5. The van der Waals surface area contributed by atoms with Gasteiger partial charge in [0.2, 0.25) is 0 Å². The van der Waals surface area contributed by atoms with E-state index in [9.17, 15) is 9.90 Å². The fraction of sp³-hybridized carbons (Fsp3) is 0.194. The van der Waals surface area contributed by atoms with Crippen LogP contribution in [0, 0.1) is 5.92 Å². The molecule has 0 bridgehead atoms. The Morgan fingerprint density at radius 1 is 0.947 bits per heavy atom. The van der Waals surface area contributed by atoms with Gasteiger partial charge in [-0.05, 0) is 64.6 Å². The number of nitrogens with two attached hydrogens (primary N) is 2. The predicted molar refractivity (Wildman–Crippen MR) is 152 cm³/mol. The third-order valence-electron chi connectivity index (χ3n) is 6.64. The minimum absolute atomic E-state index is 0.127. The van der Waals surface area contributed by atoms with E-state index in [0.717, 1.165) is 33.4 Å². The molecule has 2 unspecified atom stereocenters. The van der Waals surface area contributed by atoms with Crippen molar-refractivity contribution in [1.29, 1.82) is 0 Å². The average Bonchev–Trinajstić information content (AvgIpc) is 2.99. The summed E-state index contributed by atoms with van der Waals surface area (Å²) in [6.07, 6.45) is 3.93. The van der Waals surface area contributed by atoms with Crippen molar-refractivity contribution >= 4 is 11.7 Å². The molecule has 7 nitrogen and oxygen atoms in total. The zero-order valence-electron chi connectivity index (χ0n) is 21.4. The number of aliphatic hydroxyl groups excluding tert-OH is 1. The second-order valence-corrected chi connectivity index (χ2v) is 9.18. The maximum Gasteiger partial charge on any atom is 0.251 e. The number of carbonyl (C=O) groups excluding carboxylic acids is 1. The van der Waals surface area contributed by atoms with Crippen LogP contribution in [-0.2, 0) is 13.0 Å². The standard InChI is InChI=1S/C31H33N5O2/c1-34-30(33)26-8-2-5-21(15-26)16-28(20-37)29(27-9-4-14-35-19-27)36-31(38)24-12-10-23(11-13-24)25-7-3-6-22(17-25)18-32/h2-15,17,19,28-29,37H,16,18,20,32H2,1H3,(H2,33,34)(H,36,38). The third-order valence-corrected chi connectivity index (χ3v) is 6.64. The van der Waals surface area contributed by atoms with Crippen molar-refractivity contribution in [2.45, 2.75) is 19.0 Å². The van der Waals surface area contributed by atoms with Gasteiger partial charge in [-0.15, -0.1) is 0 Å². The van der Waals surface area contributed by atoms with E-state index in [-0.39, 0.29) is 18.4 Å². The molecule has 4 aromatic rings. The number of pyridine rings is 1. The fourth-order valence-electron chi connectivity index (χ4n) is 4.53. The maximum atomic E-state index is 13.4. The second-order valence-electron chi connectivity index (χ2n) is 9.18. The van der Waals surface area contributed by atoms with Crippen LogP contribution in [0.4, 0.5) is 0 Å². The SMILES string of the molecule is CN=C(N)c1cccc(CC(CO)C(NC(=O)c2ccc(-c3cccc(CN)c3)cc2)c2cccnc2)c1. The molecule has 0 aliphatic carbocycles. The molecule has 0 spiro atoms. The van der Waals surface area contributed by atoms with Gasteiger partial charge in [0.05, 0.1) is 6.04 Å². The Bertz CT molecular complexity index is 1390. The van der Waals surface area contributed by atoms with Crippen LogP contribution in [0.5, 0.6) is 0 Å². The Morgan fingerprint density at radius 3 is 2.39 bits per heavy atom. The number of aromatic nitrogens is 1. The minimum Gasteiger partial charge on any atom is -0.396 e. The molecular formula is C31H33N5O2. The van der Waals surface area contributed by atoms with Gasteiger partial charge in [-0.3, -0.25) is 14.8 Å². The summed E-state index contributed by atoms with van der Waals surface area (Å²) in [4.78, 5) is 21.7. The van der Waals surface area contributed by atoms with E-state index in [0.29, 0.717) is 24.4 Å². The van der Waals surface area contributed by atoms with Crippen LogP contribution in [0.25, 0.3) is 11.1 Å². The number of nitrogens with one attached hydrogen (secondary N) is 1. The molecule has 0 fully saturated rings. The molecule has 0 aliphatic rings. The molecule has 194 valence electrons. The molecule has 1 heterocycles. The van der Waals surface area contributed by atoms with Crippen molar-refractivity contribution in [2.24, 2.45) is 22.4 Å². The highest BCUT2D eigenvalue weighted by Crippen LogP contribution is 2.27. The highest BCUT2D eigenvalue weighted by molar-refractivity contribution is 5.97. The second kappa shape index (κ2) is 12.8. The lowest BCUT2D eigenvalue weighted by Gasteiger charge is -2.27. The van der Waals surface area contributed by atoms with E-state index < -0.39 is 6.04 Å². The highest BCUT2D eigenvalue weighted by atomic mass is 16.3. The van der Waals surface area contributed by atoms with Gasteiger partial charge >= 0.3 is 0 Å². The molecule has 6 N–H and O–H groups in total. The van der Waals surface area contributed by atoms with Crippen LogP contribution in [0.15, 0.2) is 102 Å². The number of benzene rings is 3. The molecule has 3 aromatic carbocycles. The summed E-state index contributed by atoms with van der Waals surface area (Å²) in [5.41, 5.74) is 18.0. The van der Waals surface area contributed by atoms with Crippen molar-refractivity contribution in [2.75, 3.05) is 13.7 Å². The number of nitrogens with zero attached hydrogens (tertiary/aromatic N) is 2. The van der Waals surface area contributed by atoms with Crippen molar-refractivity contribution < 1.29 is 9.90 Å². The van der Waals surface area contributed by atoms with Crippen LogP contribution < -0.4 is 16.8 Å². The van der Waals surface area contributed by atoms with Crippen LogP contribution in [0.2, 0.25) is 0 Å². The first-order chi connectivity index (χ1) is 18.5. The van der Waals surface area contributed by atoms with Gasteiger partial charge in [-0.1, -0.05) is 54.6 Å². The first-order valence-corrected chi connectivity index (χ1v) is 12.5. The molecule has 2 atom stereocenters. The van der Waals surface area contributed by atoms with Crippen LogP contribution in [0.1, 0.15) is 38.7 Å². The van der Waals surface area contributed by atoms with Gasteiger partial charge in [-0.2, -0.15) is 0 Å². The largest absolute Gasteiger partial charge is 0.396 e. The fourth-order valence-corrected chi connectivity index (χ4v) is 4.53. The molecule has 38 heavy (non-hydrogen) atoms. The number of amides is 1. The summed E-state index contributed by atoms with van der Waals surface area (Å²) in [5, 5.41) is 13.5. The Balaban J connectivity index is 1.57. The summed E-state index contributed by atoms with van der Waals surface area (Å²) in [5.74, 6) is -0.0742. The first kappa shape index (κ1) is 26.7. The van der Waals surface area contributed by atoms with E-state index in [1.807, 2.05) is 84.9 Å². The normalized spacial score (nSPS) is 13.1. The van der Waals surface area contributed by atoms with Gasteiger partial charge in [0.1, 0.15) is 5.84 Å². The van der Waals surface area contributed by atoms with Gasteiger partial charge in [0.15, 0.2) is 0 Å². The molecule has 7 heteroatoms. The lowest BCUT2D eigenvalue weighted by molar-refractivity contribution is 0.0902. The van der Waals surface area contributed by atoms with Gasteiger partial charge in [0, 0.05) is 49.6 Å². The number of rotatable bonds is 10. The summed E-state index contributed by atoms with van der Waals surface area (Å²) in [7, 11) is 1.65. The molecular weight excluding hydrogens is 474 g/mol. The summed E-state index contributed by atoms with van der Waals surface area (Å²) < 4.78 is 0. The molecule has 0 aliphatic heterocycles. The third kappa shape index (κ3) is 6.51. The van der Waals surface area contributed by atoms with Gasteiger partial charge < -0.3 is 21.9 Å². The Morgan fingerprint density at radius 2 is 1.71 bits per heavy atom. The van der Waals surface area contributed by atoms with Gasteiger partial charge in [0.25, 0.3) is 5.91 Å². The number of carbonyl (C=O) groups is 1. The Kier molecular flexibility index (Phi) is 8.98. The molecule has 4 rings (SSSR count). The Hall–Kier alpha value is -4.33. The monoisotopic (exact) mass is 507 g/mol. The zero-order chi connectivity index (χ0) is 26.9. The zero-order valence-corrected chi connectivity index (χ0v) is 21.4. The van der Waals surface area contributed by atoms with Crippen molar-refractivity contribution in [3.05, 3.63) is 125 Å². The Labute approximate surface area is 223 Å². The van der Waals surface area contributed by atoms with E-state index >= 15 is 0 Å². The predicted octanol–water partition coefficient (Wildman–Crippen LogP) is 3.86. The van der Waals surface area contributed by atoms with E-state index in [1.165, 1.54) is 0 Å². The van der Waals surface area contributed by atoms with Crippen molar-refractivity contribution in [1.82, 2.24) is 10.3 Å². The topological polar surface area (TPSA) is 127 Å². The van der Waals surface area contributed by atoms with E-state index in [1.54, 1.807) is 19.4 Å². The average molecular weight is 508 g/mol. The van der Waals surface area contributed by atoms with Crippen LogP contribution in [-0.4, -0.2) is 35.5 Å². The minimum atomic E-state index is -0.456. The van der Waals surface area contributed by atoms with E-state index in [2.05, 4.69) is 15.3 Å². The lowest BCUT2D eigenvalue weighted by atomic mass is 9.88. The van der Waals surface area contributed by atoms with Gasteiger partial charge in [-0.25, -0.2) is 0 Å². The maximum absolute atomic E-state index is 13.4. The smallest absolute Gasteiger partial charge is 0.251 e. The number of hydrogen-bond donors (Lipinski definition) is 4. The summed E-state index contributed by atoms with van der Waals surface area (Å²) in [6.45, 7) is 0.345. The van der Waals surface area contributed by atoms with Crippen LogP contribution >= 0.6 is 0 Å². The highest BCUT2D eigenvalue weighted by Gasteiger charge is 2.26. The number of amidine groups is 1.